The summed E-state index contributed by atoms with van der Waals surface area (Å²) in [6.07, 6.45) is 2.79. The molecule has 0 bridgehead atoms. The third kappa shape index (κ3) is 5.08. The number of carbonyl (C=O) groups excluding carboxylic acids is 2. The van der Waals surface area contributed by atoms with Crippen molar-refractivity contribution in [3.63, 3.8) is 0 Å². The fraction of sp³-hybridized carbons (Fsp3) is 0.188. The van der Waals surface area contributed by atoms with E-state index in [-0.39, 0.29) is 23.7 Å². The Balaban J connectivity index is 1.34. The minimum atomic E-state index is -0.114. The molecule has 1 fully saturated rings. The molecule has 0 heterocycles. The zero-order valence-electron chi connectivity index (χ0n) is 20.2. The van der Waals surface area contributed by atoms with E-state index in [1.54, 1.807) is 0 Å². The number of hydrogen-bond acceptors (Lipinski definition) is 2. The fourth-order valence-electron chi connectivity index (χ4n) is 5.07. The smallest absolute Gasteiger partial charge is 0.234 e. The van der Waals surface area contributed by atoms with Crippen LogP contribution in [0.2, 0.25) is 0 Å². The zero-order chi connectivity index (χ0) is 24.7. The van der Waals surface area contributed by atoms with Crippen molar-refractivity contribution in [1.82, 2.24) is 0 Å². The first-order chi connectivity index (χ1) is 17.7. The molecule has 180 valence electrons. The highest BCUT2D eigenvalue weighted by atomic mass is 16.2. The number of amides is 2. The van der Waals surface area contributed by atoms with Crippen molar-refractivity contribution in [3.8, 4) is 0 Å². The summed E-state index contributed by atoms with van der Waals surface area (Å²) in [7, 11) is 0. The van der Waals surface area contributed by atoms with Gasteiger partial charge in [-0.3, -0.25) is 19.4 Å². The van der Waals surface area contributed by atoms with Gasteiger partial charge < -0.3 is 0 Å². The van der Waals surface area contributed by atoms with E-state index >= 15 is 0 Å². The van der Waals surface area contributed by atoms with Gasteiger partial charge in [-0.05, 0) is 74.2 Å². The van der Waals surface area contributed by atoms with Gasteiger partial charge >= 0.3 is 0 Å². The monoisotopic (exact) mass is 474 g/mol. The van der Waals surface area contributed by atoms with Gasteiger partial charge in [0.2, 0.25) is 11.8 Å². The van der Waals surface area contributed by atoms with Gasteiger partial charge in [-0.1, -0.05) is 72.8 Å². The lowest BCUT2D eigenvalue weighted by molar-refractivity contribution is -0.127. The number of nitrogens with zero attached hydrogens (tertiary/aromatic N) is 2. The van der Waals surface area contributed by atoms with E-state index in [9.17, 15) is 9.59 Å². The summed E-state index contributed by atoms with van der Waals surface area (Å²) in [6.45, 7) is 0. The van der Waals surface area contributed by atoms with Crippen LogP contribution in [0.25, 0.3) is 0 Å². The number of carbonyl (C=O) groups is 2. The van der Waals surface area contributed by atoms with Gasteiger partial charge in [0.25, 0.3) is 0 Å². The highest BCUT2D eigenvalue weighted by Crippen LogP contribution is 2.37. The van der Waals surface area contributed by atoms with Crippen molar-refractivity contribution >= 4 is 34.6 Å². The standard InChI is InChI=1S/C32H30N2O2/c35-31(33(27-13-5-1-6-14-27)28-15-7-2-8-16-28)25-21-23-26(24-22-25)32(36)34(29-17-9-3-10-18-29)30-19-11-4-12-20-30/h1-20,25-26H,21-24H2. The summed E-state index contributed by atoms with van der Waals surface area (Å²) in [6, 6.07) is 39.2. The molecule has 4 heteroatoms. The summed E-state index contributed by atoms with van der Waals surface area (Å²) in [4.78, 5) is 31.2. The van der Waals surface area contributed by atoms with E-state index in [0.717, 1.165) is 22.7 Å². The number of rotatable bonds is 6. The average molecular weight is 475 g/mol. The molecule has 0 N–H and O–H groups in total. The molecule has 0 unspecified atom stereocenters. The molecule has 5 rings (SSSR count). The maximum atomic E-state index is 13.8. The normalized spacial score (nSPS) is 17.2. The Morgan fingerprint density at radius 3 is 0.861 bits per heavy atom. The van der Waals surface area contributed by atoms with Crippen LogP contribution in [0.15, 0.2) is 121 Å². The van der Waals surface area contributed by atoms with E-state index in [2.05, 4.69) is 0 Å². The summed E-state index contributed by atoms with van der Waals surface area (Å²) in [5.74, 6) is -0.0322. The van der Waals surface area contributed by atoms with E-state index in [1.807, 2.05) is 131 Å². The van der Waals surface area contributed by atoms with Crippen LogP contribution in [0.1, 0.15) is 25.7 Å². The molecule has 1 saturated carbocycles. The van der Waals surface area contributed by atoms with Crippen LogP contribution in [0.4, 0.5) is 22.7 Å². The highest BCUT2D eigenvalue weighted by molar-refractivity contribution is 6.03. The molecule has 4 aromatic carbocycles. The first-order valence-corrected chi connectivity index (χ1v) is 12.6. The highest BCUT2D eigenvalue weighted by Gasteiger charge is 2.35. The molecule has 1 aliphatic rings. The van der Waals surface area contributed by atoms with Gasteiger partial charge in [-0.15, -0.1) is 0 Å². The average Bonchev–Trinajstić information content (AvgIpc) is 2.96. The lowest BCUT2D eigenvalue weighted by Crippen LogP contribution is -2.38. The van der Waals surface area contributed by atoms with Crippen LogP contribution >= 0.6 is 0 Å². The number of benzene rings is 4. The first kappa shape index (κ1) is 23.6. The molecule has 0 radical (unpaired) electrons. The van der Waals surface area contributed by atoms with Crippen molar-refractivity contribution in [1.29, 1.82) is 0 Å². The maximum absolute atomic E-state index is 13.8. The molecule has 4 aromatic rings. The van der Waals surface area contributed by atoms with Gasteiger partial charge in [0.1, 0.15) is 0 Å². The van der Waals surface area contributed by atoms with Gasteiger partial charge in [0, 0.05) is 34.6 Å². The second-order valence-corrected chi connectivity index (χ2v) is 9.24. The summed E-state index contributed by atoms with van der Waals surface area (Å²) in [5, 5.41) is 0. The van der Waals surface area contributed by atoms with E-state index in [0.29, 0.717) is 25.7 Å². The molecule has 2 amide bonds. The van der Waals surface area contributed by atoms with Crippen molar-refractivity contribution in [2.24, 2.45) is 11.8 Å². The molecule has 0 aromatic heterocycles. The summed E-state index contributed by atoms with van der Waals surface area (Å²) >= 11 is 0. The Morgan fingerprint density at radius 1 is 0.417 bits per heavy atom. The Labute approximate surface area is 212 Å². The molecule has 0 saturated heterocycles. The van der Waals surface area contributed by atoms with E-state index in [1.165, 1.54) is 0 Å². The Bertz CT molecular complexity index is 1090. The van der Waals surface area contributed by atoms with Crippen molar-refractivity contribution in [2.75, 3.05) is 9.80 Å². The molecule has 0 spiro atoms. The van der Waals surface area contributed by atoms with Gasteiger partial charge in [0.15, 0.2) is 0 Å². The van der Waals surface area contributed by atoms with Crippen LogP contribution in [0.3, 0.4) is 0 Å². The molecule has 1 aliphatic carbocycles. The van der Waals surface area contributed by atoms with Crippen molar-refractivity contribution in [2.45, 2.75) is 25.7 Å². The predicted octanol–water partition coefficient (Wildman–Crippen LogP) is 7.52. The third-order valence-corrected chi connectivity index (χ3v) is 6.92. The van der Waals surface area contributed by atoms with Crippen molar-refractivity contribution in [3.05, 3.63) is 121 Å². The summed E-state index contributed by atoms with van der Waals surface area (Å²) < 4.78 is 0. The second kappa shape index (κ2) is 11.0. The van der Waals surface area contributed by atoms with Gasteiger partial charge in [-0.2, -0.15) is 0 Å². The first-order valence-electron chi connectivity index (χ1n) is 12.6. The number of hydrogen-bond donors (Lipinski definition) is 0. The Hall–Kier alpha value is -4.18. The SMILES string of the molecule is O=C(C1CCC(C(=O)N(c2ccccc2)c2ccccc2)CC1)N(c1ccccc1)c1ccccc1. The topological polar surface area (TPSA) is 40.6 Å². The molecule has 0 atom stereocenters. The molecule has 36 heavy (non-hydrogen) atoms. The molecular formula is C32H30N2O2. The molecular weight excluding hydrogens is 444 g/mol. The Kier molecular flexibility index (Phi) is 7.23. The van der Waals surface area contributed by atoms with Crippen LogP contribution in [0.5, 0.6) is 0 Å². The van der Waals surface area contributed by atoms with Crippen LogP contribution in [-0.2, 0) is 9.59 Å². The largest absolute Gasteiger partial charge is 0.281 e. The van der Waals surface area contributed by atoms with Crippen LogP contribution in [-0.4, -0.2) is 11.8 Å². The zero-order valence-corrected chi connectivity index (χ0v) is 20.2. The van der Waals surface area contributed by atoms with E-state index in [4.69, 9.17) is 0 Å². The van der Waals surface area contributed by atoms with Crippen molar-refractivity contribution < 1.29 is 9.59 Å². The van der Waals surface area contributed by atoms with E-state index < -0.39 is 0 Å². The number of anilines is 4. The maximum Gasteiger partial charge on any atom is 0.234 e. The third-order valence-electron chi connectivity index (χ3n) is 6.92. The minimum absolute atomic E-state index is 0.0984. The quantitative estimate of drug-likeness (QED) is 0.290. The lowest BCUT2D eigenvalue weighted by atomic mass is 9.80. The lowest BCUT2D eigenvalue weighted by Gasteiger charge is -2.34. The second-order valence-electron chi connectivity index (χ2n) is 9.24. The van der Waals surface area contributed by atoms with Crippen LogP contribution in [0, 0.1) is 11.8 Å². The fourth-order valence-corrected chi connectivity index (χ4v) is 5.07. The predicted molar refractivity (Wildman–Crippen MR) is 146 cm³/mol. The molecule has 4 nitrogen and oxygen atoms in total. The van der Waals surface area contributed by atoms with Crippen LogP contribution < -0.4 is 9.80 Å². The van der Waals surface area contributed by atoms with Gasteiger partial charge in [-0.25, -0.2) is 0 Å². The molecule has 0 aliphatic heterocycles. The Morgan fingerprint density at radius 2 is 0.639 bits per heavy atom. The minimum Gasteiger partial charge on any atom is -0.281 e. The number of para-hydroxylation sites is 4. The van der Waals surface area contributed by atoms with Gasteiger partial charge in [0.05, 0.1) is 0 Å². The summed E-state index contributed by atoms with van der Waals surface area (Å²) in [5.41, 5.74) is 3.47.